The lowest BCUT2D eigenvalue weighted by atomic mass is 9.99. The Morgan fingerprint density at radius 3 is 2.71 bits per heavy atom. The van der Waals surface area contributed by atoms with E-state index in [2.05, 4.69) is 46.3 Å². The van der Waals surface area contributed by atoms with E-state index in [0.717, 1.165) is 37.4 Å². The maximum atomic E-state index is 13.4. The molecule has 0 atom stereocenters. The van der Waals surface area contributed by atoms with E-state index in [1.807, 2.05) is 12.1 Å². The van der Waals surface area contributed by atoms with Gasteiger partial charge in [0.15, 0.2) is 0 Å². The van der Waals surface area contributed by atoms with Crippen molar-refractivity contribution < 1.29 is 9.53 Å². The summed E-state index contributed by atoms with van der Waals surface area (Å²) in [6, 6.07) is 20.2. The second-order valence-corrected chi connectivity index (χ2v) is 9.15. The quantitative estimate of drug-likeness (QED) is 0.464. The standard InChI is InChI=1S/C28H26N4O3/c33-27(24-16-29-26-7-3-4-11-32(26)28(24)34)31-13-14-35-25-9-8-20(15-23(25)19-31)17-30-12-10-21-5-1-2-6-22(21)18-30/h1-9,11,15-16H,10,12-14,17-19H2. The number of carbonyl (C=O) groups is 1. The zero-order chi connectivity index (χ0) is 23.8. The molecule has 0 saturated carbocycles. The van der Waals surface area contributed by atoms with Crippen LogP contribution in [-0.2, 0) is 26.1 Å². The molecule has 6 rings (SSSR count). The van der Waals surface area contributed by atoms with Gasteiger partial charge in [0.25, 0.3) is 11.5 Å². The molecule has 0 radical (unpaired) electrons. The maximum Gasteiger partial charge on any atom is 0.270 e. The largest absolute Gasteiger partial charge is 0.491 e. The number of amides is 1. The van der Waals surface area contributed by atoms with E-state index in [4.69, 9.17) is 4.74 Å². The third-order valence-corrected chi connectivity index (χ3v) is 6.85. The minimum Gasteiger partial charge on any atom is -0.491 e. The number of hydrogen-bond acceptors (Lipinski definition) is 5. The highest BCUT2D eigenvalue weighted by atomic mass is 16.5. The van der Waals surface area contributed by atoms with Gasteiger partial charge in [-0.05, 0) is 47.4 Å². The second-order valence-electron chi connectivity index (χ2n) is 9.15. The van der Waals surface area contributed by atoms with Gasteiger partial charge in [0.2, 0.25) is 0 Å². The van der Waals surface area contributed by atoms with Gasteiger partial charge in [-0.25, -0.2) is 4.98 Å². The summed E-state index contributed by atoms with van der Waals surface area (Å²) in [5.41, 5.74) is 5.21. The molecule has 0 aliphatic carbocycles. The van der Waals surface area contributed by atoms with Crippen molar-refractivity contribution in [1.82, 2.24) is 19.2 Å². The van der Waals surface area contributed by atoms with E-state index in [1.165, 1.54) is 27.3 Å². The number of rotatable bonds is 3. The van der Waals surface area contributed by atoms with E-state index < -0.39 is 0 Å². The molecule has 176 valence electrons. The van der Waals surface area contributed by atoms with Crippen molar-refractivity contribution in [2.24, 2.45) is 0 Å². The predicted molar refractivity (Wildman–Crippen MR) is 132 cm³/mol. The number of benzene rings is 2. The van der Waals surface area contributed by atoms with Crippen LogP contribution in [0.5, 0.6) is 5.75 Å². The van der Waals surface area contributed by atoms with Crippen LogP contribution in [0.1, 0.15) is 32.6 Å². The lowest BCUT2D eigenvalue weighted by molar-refractivity contribution is 0.0730. The highest BCUT2D eigenvalue weighted by molar-refractivity contribution is 5.93. The van der Waals surface area contributed by atoms with Crippen molar-refractivity contribution >= 4 is 11.6 Å². The molecule has 2 aliphatic heterocycles. The monoisotopic (exact) mass is 466 g/mol. The molecule has 1 amide bonds. The van der Waals surface area contributed by atoms with Gasteiger partial charge in [0, 0.05) is 44.1 Å². The van der Waals surface area contributed by atoms with Crippen molar-refractivity contribution in [2.75, 3.05) is 19.7 Å². The van der Waals surface area contributed by atoms with Crippen LogP contribution >= 0.6 is 0 Å². The lowest BCUT2D eigenvalue weighted by Gasteiger charge is -2.29. The van der Waals surface area contributed by atoms with Crippen LogP contribution in [0.3, 0.4) is 0 Å². The van der Waals surface area contributed by atoms with Crippen LogP contribution < -0.4 is 10.3 Å². The maximum absolute atomic E-state index is 13.4. The molecule has 0 spiro atoms. The first-order valence-electron chi connectivity index (χ1n) is 11.9. The fourth-order valence-electron chi connectivity index (χ4n) is 5.01. The van der Waals surface area contributed by atoms with Crippen LogP contribution in [0, 0.1) is 0 Å². The van der Waals surface area contributed by atoms with E-state index in [1.54, 1.807) is 23.2 Å². The molecule has 4 aromatic rings. The molecule has 7 nitrogen and oxygen atoms in total. The smallest absolute Gasteiger partial charge is 0.270 e. The van der Waals surface area contributed by atoms with Crippen LogP contribution in [0.15, 0.2) is 77.9 Å². The topological polar surface area (TPSA) is 67.2 Å². The van der Waals surface area contributed by atoms with E-state index in [-0.39, 0.29) is 17.0 Å². The summed E-state index contributed by atoms with van der Waals surface area (Å²) in [5.74, 6) is 0.469. The Hall–Kier alpha value is -3.97. The summed E-state index contributed by atoms with van der Waals surface area (Å²) in [6.45, 7) is 3.97. The fraction of sp³-hybridized carbons (Fsp3) is 0.250. The second kappa shape index (κ2) is 9.00. The first-order chi connectivity index (χ1) is 17.2. The van der Waals surface area contributed by atoms with Crippen molar-refractivity contribution in [1.29, 1.82) is 0 Å². The van der Waals surface area contributed by atoms with Gasteiger partial charge in [0.1, 0.15) is 23.6 Å². The van der Waals surface area contributed by atoms with E-state index in [9.17, 15) is 9.59 Å². The van der Waals surface area contributed by atoms with Gasteiger partial charge >= 0.3 is 0 Å². The zero-order valence-electron chi connectivity index (χ0n) is 19.4. The average molecular weight is 467 g/mol. The van der Waals surface area contributed by atoms with Crippen molar-refractivity contribution in [3.05, 3.63) is 111 Å². The number of fused-ring (bicyclic) bond motifs is 3. The van der Waals surface area contributed by atoms with E-state index in [0.29, 0.717) is 25.3 Å². The van der Waals surface area contributed by atoms with Gasteiger partial charge in [-0.15, -0.1) is 0 Å². The predicted octanol–water partition coefficient (Wildman–Crippen LogP) is 3.29. The molecule has 2 aromatic carbocycles. The Bertz CT molecular complexity index is 1480. The summed E-state index contributed by atoms with van der Waals surface area (Å²) in [6.07, 6.45) is 4.08. The normalized spacial score (nSPS) is 15.7. The molecule has 7 heteroatoms. The lowest BCUT2D eigenvalue weighted by Crippen LogP contribution is -2.36. The Labute approximate surface area is 203 Å². The highest BCUT2D eigenvalue weighted by Crippen LogP contribution is 2.27. The van der Waals surface area contributed by atoms with Crippen molar-refractivity contribution in [3.8, 4) is 5.75 Å². The Morgan fingerprint density at radius 1 is 0.943 bits per heavy atom. The molecule has 2 aromatic heterocycles. The number of hydrogen-bond donors (Lipinski definition) is 0. The molecule has 0 N–H and O–H groups in total. The van der Waals surface area contributed by atoms with Crippen LogP contribution in [0.25, 0.3) is 5.65 Å². The van der Waals surface area contributed by atoms with Gasteiger partial charge in [0.05, 0.1) is 6.54 Å². The molecule has 0 unspecified atom stereocenters. The first-order valence-corrected chi connectivity index (χ1v) is 11.9. The van der Waals surface area contributed by atoms with Crippen LogP contribution in [0.2, 0.25) is 0 Å². The third kappa shape index (κ3) is 4.19. The van der Waals surface area contributed by atoms with Gasteiger partial charge in [-0.2, -0.15) is 0 Å². The third-order valence-electron chi connectivity index (χ3n) is 6.85. The summed E-state index contributed by atoms with van der Waals surface area (Å²) in [4.78, 5) is 34.7. The highest BCUT2D eigenvalue weighted by Gasteiger charge is 2.25. The Balaban J connectivity index is 1.23. The van der Waals surface area contributed by atoms with Crippen LogP contribution in [-0.4, -0.2) is 44.8 Å². The van der Waals surface area contributed by atoms with Crippen molar-refractivity contribution in [3.63, 3.8) is 0 Å². The molecule has 0 saturated heterocycles. The molecular formula is C28H26N4O3. The van der Waals surface area contributed by atoms with Gasteiger partial charge in [-0.3, -0.25) is 18.9 Å². The molecule has 35 heavy (non-hydrogen) atoms. The first kappa shape index (κ1) is 21.6. The van der Waals surface area contributed by atoms with Crippen LogP contribution in [0.4, 0.5) is 0 Å². The number of pyridine rings is 1. The Morgan fingerprint density at radius 2 is 1.80 bits per heavy atom. The van der Waals surface area contributed by atoms with Gasteiger partial charge < -0.3 is 9.64 Å². The van der Waals surface area contributed by atoms with Crippen molar-refractivity contribution in [2.45, 2.75) is 26.1 Å². The number of ether oxygens (including phenoxy) is 1. The minimum atomic E-state index is -0.356. The molecule has 0 fully saturated rings. The number of carbonyl (C=O) groups excluding carboxylic acids is 1. The molecule has 2 aliphatic rings. The SMILES string of the molecule is O=C(c1cnc2ccccn2c1=O)N1CCOc2ccc(CN3CCc4ccccc4C3)cc2C1. The van der Waals surface area contributed by atoms with E-state index >= 15 is 0 Å². The molecule has 4 heterocycles. The van der Waals surface area contributed by atoms with Gasteiger partial charge in [-0.1, -0.05) is 36.4 Å². The zero-order valence-corrected chi connectivity index (χ0v) is 19.4. The summed E-state index contributed by atoms with van der Waals surface area (Å²) in [5, 5.41) is 0. The average Bonchev–Trinajstić information content (AvgIpc) is 3.11. The molecular weight excluding hydrogens is 440 g/mol. The summed E-state index contributed by atoms with van der Waals surface area (Å²) >= 11 is 0. The Kier molecular flexibility index (Phi) is 5.54. The number of aromatic nitrogens is 2. The number of nitrogens with zero attached hydrogens (tertiary/aromatic N) is 4. The summed E-state index contributed by atoms with van der Waals surface area (Å²) in [7, 11) is 0. The minimum absolute atomic E-state index is 0.0697. The summed E-state index contributed by atoms with van der Waals surface area (Å²) < 4.78 is 7.36. The molecule has 0 bridgehead atoms. The fourth-order valence-corrected chi connectivity index (χ4v) is 5.01.